The van der Waals surface area contributed by atoms with Crippen molar-refractivity contribution in [2.24, 2.45) is 5.73 Å². The minimum Gasteiger partial charge on any atom is -0.508 e. The third-order valence-corrected chi connectivity index (χ3v) is 3.12. The Hall–Kier alpha value is -1.55. The molecule has 4 nitrogen and oxygen atoms in total. The minimum absolute atomic E-state index is 0.128. The molecule has 0 fully saturated rings. The van der Waals surface area contributed by atoms with Gasteiger partial charge in [-0.15, -0.1) is 0 Å². The van der Waals surface area contributed by atoms with Gasteiger partial charge in [-0.05, 0) is 38.0 Å². The first-order chi connectivity index (χ1) is 7.91. The van der Waals surface area contributed by atoms with E-state index in [4.69, 9.17) is 5.73 Å². The summed E-state index contributed by atoms with van der Waals surface area (Å²) < 4.78 is 0. The number of aryl methyl sites for hydroxylation is 1. The van der Waals surface area contributed by atoms with E-state index in [1.165, 1.54) is 6.07 Å². The van der Waals surface area contributed by atoms with Gasteiger partial charge >= 0.3 is 0 Å². The molecule has 0 aliphatic carbocycles. The fourth-order valence-corrected chi connectivity index (χ4v) is 1.38. The quantitative estimate of drug-likeness (QED) is 0.742. The molecular formula is C13H20N2O2. The number of benzene rings is 1. The highest BCUT2D eigenvalue weighted by molar-refractivity contribution is 5.95. The lowest BCUT2D eigenvalue weighted by molar-refractivity contribution is 0.0906. The molecule has 0 aromatic heterocycles. The van der Waals surface area contributed by atoms with Crippen LogP contribution in [0.4, 0.5) is 0 Å². The lowest BCUT2D eigenvalue weighted by Crippen LogP contribution is -2.50. The summed E-state index contributed by atoms with van der Waals surface area (Å²) in [7, 11) is 0. The molecule has 4 heteroatoms. The zero-order valence-corrected chi connectivity index (χ0v) is 10.6. The summed E-state index contributed by atoms with van der Waals surface area (Å²) >= 11 is 0. The Labute approximate surface area is 102 Å². The van der Waals surface area contributed by atoms with E-state index in [-0.39, 0.29) is 11.7 Å². The van der Waals surface area contributed by atoms with E-state index in [2.05, 4.69) is 5.32 Å². The molecule has 0 radical (unpaired) electrons. The van der Waals surface area contributed by atoms with Crippen molar-refractivity contribution in [2.75, 3.05) is 6.54 Å². The summed E-state index contributed by atoms with van der Waals surface area (Å²) in [6, 6.07) is 4.88. The normalized spacial score (nSPS) is 14.1. The van der Waals surface area contributed by atoms with Crippen LogP contribution in [0.2, 0.25) is 0 Å². The van der Waals surface area contributed by atoms with Crippen LogP contribution in [0, 0.1) is 6.92 Å². The second-order valence-electron chi connectivity index (χ2n) is 4.57. The Bertz CT molecular complexity index is 412. The van der Waals surface area contributed by atoms with E-state index in [1.54, 1.807) is 19.1 Å². The molecule has 1 rings (SSSR count). The first-order valence-electron chi connectivity index (χ1n) is 5.74. The summed E-state index contributed by atoms with van der Waals surface area (Å²) in [6.07, 6.45) is 0.757. The molecule has 0 spiro atoms. The van der Waals surface area contributed by atoms with Crippen LogP contribution in [-0.2, 0) is 0 Å². The van der Waals surface area contributed by atoms with Gasteiger partial charge < -0.3 is 16.2 Å². The average Bonchev–Trinajstić information content (AvgIpc) is 2.32. The molecule has 1 aromatic carbocycles. The molecule has 0 aliphatic rings. The number of hydrogen-bond acceptors (Lipinski definition) is 3. The van der Waals surface area contributed by atoms with Crippen molar-refractivity contribution in [3.05, 3.63) is 29.3 Å². The maximum Gasteiger partial charge on any atom is 0.251 e. The molecule has 94 valence electrons. The molecule has 0 aliphatic heterocycles. The maximum atomic E-state index is 12.0. The van der Waals surface area contributed by atoms with E-state index in [1.807, 2.05) is 13.8 Å². The summed E-state index contributed by atoms with van der Waals surface area (Å²) in [5, 5.41) is 12.4. The minimum atomic E-state index is -0.405. The van der Waals surface area contributed by atoms with Crippen LogP contribution in [0.5, 0.6) is 5.75 Å². The van der Waals surface area contributed by atoms with E-state index >= 15 is 0 Å². The Morgan fingerprint density at radius 2 is 2.18 bits per heavy atom. The third-order valence-electron chi connectivity index (χ3n) is 3.12. The molecular weight excluding hydrogens is 216 g/mol. The molecule has 4 N–H and O–H groups in total. The second kappa shape index (κ2) is 5.19. The Morgan fingerprint density at radius 3 is 2.65 bits per heavy atom. The fourth-order valence-electron chi connectivity index (χ4n) is 1.38. The Balaban J connectivity index is 2.86. The number of hydrogen-bond donors (Lipinski definition) is 3. The summed E-state index contributed by atoms with van der Waals surface area (Å²) in [4.78, 5) is 12.0. The largest absolute Gasteiger partial charge is 0.508 e. The van der Waals surface area contributed by atoms with Gasteiger partial charge in [-0.3, -0.25) is 4.79 Å². The standard InChI is InChI=1S/C13H20N2O2/c1-4-13(3,8-14)15-12(17)10-6-5-9(2)11(16)7-10/h5-7,16H,4,8,14H2,1-3H3,(H,15,17). The Morgan fingerprint density at radius 1 is 1.53 bits per heavy atom. The molecule has 0 saturated heterocycles. The van der Waals surface area contributed by atoms with Crippen LogP contribution < -0.4 is 11.1 Å². The number of carbonyl (C=O) groups is 1. The van der Waals surface area contributed by atoms with E-state index in [9.17, 15) is 9.90 Å². The molecule has 1 amide bonds. The van der Waals surface area contributed by atoms with Gasteiger partial charge in [0.15, 0.2) is 0 Å². The van der Waals surface area contributed by atoms with E-state index in [0.29, 0.717) is 12.1 Å². The second-order valence-corrected chi connectivity index (χ2v) is 4.57. The highest BCUT2D eigenvalue weighted by atomic mass is 16.3. The van der Waals surface area contributed by atoms with Crippen molar-refractivity contribution in [3.63, 3.8) is 0 Å². The van der Waals surface area contributed by atoms with Crippen LogP contribution in [0.25, 0.3) is 0 Å². The number of aromatic hydroxyl groups is 1. The lowest BCUT2D eigenvalue weighted by atomic mass is 9.98. The van der Waals surface area contributed by atoms with Crippen LogP contribution >= 0.6 is 0 Å². The molecule has 17 heavy (non-hydrogen) atoms. The Kier molecular flexibility index (Phi) is 4.12. The maximum absolute atomic E-state index is 12.0. The molecule has 0 bridgehead atoms. The monoisotopic (exact) mass is 236 g/mol. The predicted molar refractivity (Wildman–Crippen MR) is 68.1 cm³/mol. The zero-order chi connectivity index (χ0) is 13.1. The smallest absolute Gasteiger partial charge is 0.251 e. The predicted octanol–water partition coefficient (Wildman–Crippen LogP) is 1.56. The number of phenolic OH excluding ortho intramolecular Hbond substituents is 1. The lowest BCUT2D eigenvalue weighted by Gasteiger charge is -2.28. The van der Waals surface area contributed by atoms with Gasteiger partial charge in [-0.2, -0.15) is 0 Å². The number of carbonyl (C=O) groups excluding carboxylic acids is 1. The van der Waals surface area contributed by atoms with Gasteiger partial charge in [0.1, 0.15) is 5.75 Å². The molecule has 1 atom stereocenters. The van der Waals surface area contributed by atoms with E-state index < -0.39 is 5.54 Å². The number of nitrogens with one attached hydrogen (secondary N) is 1. The third kappa shape index (κ3) is 3.20. The van der Waals surface area contributed by atoms with Gasteiger partial charge in [-0.25, -0.2) is 0 Å². The average molecular weight is 236 g/mol. The zero-order valence-electron chi connectivity index (χ0n) is 10.6. The summed E-state index contributed by atoms with van der Waals surface area (Å²) in [5.74, 6) is -0.0845. The van der Waals surface area contributed by atoms with Crippen molar-refractivity contribution in [1.82, 2.24) is 5.32 Å². The number of rotatable bonds is 4. The molecule has 1 unspecified atom stereocenters. The fraction of sp³-hybridized carbons (Fsp3) is 0.462. The van der Waals surface area contributed by atoms with Crippen molar-refractivity contribution in [1.29, 1.82) is 0 Å². The van der Waals surface area contributed by atoms with Gasteiger partial charge in [0, 0.05) is 17.6 Å². The van der Waals surface area contributed by atoms with Gasteiger partial charge in [0.25, 0.3) is 5.91 Å². The van der Waals surface area contributed by atoms with Crippen molar-refractivity contribution in [2.45, 2.75) is 32.7 Å². The number of amides is 1. The van der Waals surface area contributed by atoms with Crippen molar-refractivity contribution >= 4 is 5.91 Å². The highest BCUT2D eigenvalue weighted by Crippen LogP contribution is 2.18. The first-order valence-corrected chi connectivity index (χ1v) is 5.74. The van der Waals surface area contributed by atoms with Crippen LogP contribution in [0.3, 0.4) is 0 Å². The van der Waals surface area contributed by atoms with Gasteiger partial charge in [0.05, 0.1) is 0 Å². The molecule has 1 aromatic rings. The van der Waals surface area contributed by atoms with Gasteiger partial charge in [-0.1, -0.05) is 13.0 Å². The van der Waals surface area contributed by atoms with Crippen LogP contribution in [0.15, 0.2) is 18.2 Å². The van der Waals surface area contributed by atoms with Crippen molar-refractivity contribution < 1.29 is 9.90 Å². The highest BCUT2D eigenvalue weighted by Gasteiger charge is 2.23. The topological polar surface area (TPSA) is 75.3 Å². The number of phenols is 1. The first kappa shape index (κ1) is 13.5. The number of nitrogens with two attached hydrogens (primary N) is 1. The SMILES string of the molecule is CCC(C)(CN)NC(=O)c1ccc(C)c(O)c1. The summed E-state index contributed by atoms with van der Waals surface area (Å²) in [6.45, 7) is 6.04. The van der Waals surface area contributed by atoms with Gasteiger partial charge in [0.2, 0.25) is 0 Å². The van der Waals surface area contributed by atoms with Crippen molar-refractivity contribution in [3.8, 4) is 5.75 Å². The van der Waals surface area contributed by atoms with Crippen LogP contribution in [-0.4, -0.2) is 23.1 Å². The molecule has 0 heterocycles. The van der Waals surface area contributed by atoms with Crippen LogP contribution in [0.1, 0.15) is 36.2 Å². The van der Waals surface area contributed by atoms with E-state index in [0.717, 1.165) is 12.0 Å². The molecule has 0 saturated carbocycles. The summed E-state index contributed by atoms with van der Waals surface area (Å²) in [5.41, 5.74) is 6.42.